The average molecular weight is 249 g/mol. The van der Waals surface area contributed by atoms with Crippen LogP contribution in [-0.2, 0) is 19.4 Å². The number of carbonyl (C=O) groups excluding carboxylic acids is 1. The molecule has 1 aliphatic rings. The summed E-state index contributed by atoms with van der Waals surface area (Å²) in [5.41, 5.74) is 5.54. The number of carbonyl (C=O) groups is 1. The molecule has 0 aromatic heterocycles. The van der Waals surface area contributed by atoms with Crippen LogP contribution in [0.5, 0.6) is 0 Å². The van der Waals surface area contributed by atoms with Gasteiger partial charge in [-0.15, -0.1) is 0 Å². The van der Waals surface area contributed by atoms with Crippen LogP contribution < -0.4 is 5.73 Å². The fraction of sp³-hybridized carbons (Fsp3) is 0.900. The summed E-state index contributed by atoms with van der Waals surface area (Å²) < 4.78 is 27.4. The molecule has 0 amide bonds. The van der Waals surface area contributed by atoms with Crippen molar-refractivity contribution in [1.29, 1.82) is 0 Å². The fourth-order valence-corrected chi connectivity index (χ4v) is 4.22. The summed E-state index contributed by atoms with van der Waals surface area (Å²) in [5.74, 6) is -1.08. The van der Waals surface area contributed by atoms with Crippen molar-refractivity contribution in [1.82, 2.24) is 0 Å². The molecule has 1 saturated heterocycles. The first-order valence-corrected chi connectivity index (χ1v) is 6.93. The van der Waals surface area contributed by atoms with Gasteiger partial charge in [0.2, 0.25) is 0 Å². The molecule has 0 aliphatic carbocycles. The monoisotopic (exact) mass is 249 g/mol. The maximum Gasteiger partial charge on any atom is 0.310 e. The van der Waals surface area contributed by atoms with E-state index in [1.807, 2.05) is 0 Å². The van der Waals surface area contributed by atoms with E-state index in [0.29, 0.717) is 6.42 Å². The molecule has 2 atom stereocenters. The quantitative estimate of drug-likeness (QED) is 0.708. The fourth-order valence-electron chi connectivity index (χ4n) is 2.39. The molecule has 0 spiro atoms. The third kappa shape index (κ3) is 1.96. The van der Waals surface area contributed by atoms with Gasteiger partial charge >= 0.3 is 5.97 Å². The molecule has 0 radical (unpaired) electrons. The molecule has 5 nitrogen and oxygen atoms in total. The predicted octanol–water partition coefficient (Wildman–Crippen LogP) is -0.0524. The van der Waals surface area contributed by atoms with Crippen LogP contribution >= 0.6 is 0 Å². The molecule has 0 aromatic carbocycles. The Morgan fingerprint density at radius 1 is 1.56 bits per heavy atom. The Kier molecular flexibility index (Phi) is 3.64. The van der Waals surface area contributed by atoms with Crippen LogP contribution in [0.2, 0.25) is 0 Å². The normalized spacial score (nSPS) is 28.6. The number of hydrogen-bond acceptors (Lipinski definition) is 5. The lowest BCUT2D eigenvalue weighted by atomic mass is 9.81. The summed E-state index contributed by atoms with van der Waals surface area (Å²) in [6.07, 6.45) is 0.478. The number of sulfone groups is 1. The molecule has 2 unspecified atom stereocenters. The second kappa shape index (κ2) is 4.33. The first-order valence-electron chi connectivity index (χ1n) is 5.28. The van der Waals surface area contributed by atoms with E-state index in [-0.39, 0.29) is 18.2 Å². The summed E-state index contributed by atoms with van der Waals surface area (Å²) in [7, 11) is -1.84. The van der Waals surface area contributed by atoms with E-state index in [9.17, 15) is 13.2 Å². The van der Waals surface area contributed by atoms with Crippen molar-refractivity contribution in [2.45, 2.75) is 25.0 Å². The highest BCUT2D eigenvalue weighted by molar-refractivity contribution is 7.93. The summed E-state index contributed by atoms with van der Waals surface area (Å²) in [4.78, 5) is 11.5. The molecule has 2 N–H and O–H groups in total. The van der Waals surface area contributed by atoms with Crippen LogP contribution in [0.3, 0.4) is 0 Å². The van der Waals surface area contributed by atoms with E-state index in [1.54, 1.807) is 13.8 Å². The highest BCUT2D eigenvalue weighted by atomic mass is 32.2. The average Bonchev–Trinajstić information content (AvgIpc) is 2.41. The molecule has 94 valence electrons. The van der Waals surface area contributed by atoms with Crippen molar-refractivity contribution in [3.05, 3.63) is 0 Å². The molecule has 1 heterocycles. The number of esters is 1. The lowest BCUT2D eigenvalue weighted by molar-refractivity contribution is -0.147. The van der Waals surface area contributed by atoms with Gasteiger partial charge in [-0.25, -0.2) is 8.42 Å². The number of ether oxygens (including phenoxy) is 1. The molecule has 0 saturated carbocycles. The molecular weight excluding hydrogens is 230 g/mol. The zero-order valence-corrected chi connectivity index (χ0v) is 10.7. The minimum Gasteiger partial charge on any atom is -0.469 e. The highest BCUT2D eigenvalue weighted by Gasteiger charge is 2.52. The number of rotatable bonds is 3. The Balaban J connectivity index is 3.02. The van der Waals surface area contributed by atoms with Crippen molar-refractivity contribution in [3.8, 4) is 0 Å². The van der Waals surface area contributed by atoms with Crippen molar-refractivity contribution in [3.63, 3.8) is 0 Å². The molecule has 16 heavy (non-hydrogen) atoms. The van der Waals surface area contributed by atoms with Gasteiger partial charge in [0.25, 0.3) is 0 Å². The van der Waals surface area contributed by atoms with Gasteiger partial charge in [0.1, 0.15) is 0 Å². The van der Waals surface area contributed by atoms with Crippen molar-refractivity contribution in [2.24, 2.45) is 17.6 Å². The number of hydrogen-bond donors (Lipinski definition) is 1. The van der Waals surface area contributed by atoms with Gasteiger partial charge in [-0.2, -0.15) is 0 Å². The first-order chi connectivity index (χ1) is 7.28. The molecule has 1 rings (SSSR count). The van der Waals surface area contributed by atoms with Gasteiger partial charge in [-0.05, 0) is 26.2 Å². The molecule has 0 aromatic rings. The predicted molar refractivity (Wildman–Crippen MR) is 60.5 cm³/mol. The van der Waals surface area contributed by atoms with Crippen LogP contribution in [0.4, 0.5) is 0 Å². The summed E-state index contributed by atoms with van der Waals surface area (Å²) >= 11 is 0. The second-order valence-corrected chi connectivity index (χ2v) is 7.37. The Hall–Kier alpha value is -0.620. The topological polar surface area (TPSA) is 86.5 Å². The van der Waals surface area contributed by atoms with E-state index in [4.69, 9.17) is 5.73 Å². The lowest BCUT2D eigenvalue weighted by Gasteiger charge is -2.30. The Morgan fingerprint density at radius 2 is 2.12 bits per heavy atom. The van der Waals surface area contributed by atoms with Crippen LogP contribution in [0.25, 0.3) is 0 Å². The van der Waals surface area contributed by atoms with Crippen LogP contribution in [0.1, 0.15) is 20.3 Å². The van der Waals surface area contributed by atoms with Crippen LogP contribution in [0, 0.1) is 11.8 Å². The van der Waals surface area contributed by atoms with Crippen LogP contribution in [-0.4, -0.2) is 38.5 Å². The first kappa shape index (κ1) is 13.4. The van der Waals surface area contributed by atoms with Gasteiger partial charge < -0.3 is 10.5 Å². The van der Waals surface area contributed by atoms with E-state index in [0.717, 1.165) is 0 Å². The van der Waals surface area contributed by atoms with E-state index < -0.39 is 26.5 Å². The SMILES string of the molecule is COC(=O)C(CN)C1CCS(=O)(=O)C1(C)C. The van der Waals surface area contributed by atoms with E-state index in [1.165, 1.54) is 7.11 Å². The number of nitrogens with two attached hydrogens (primary N) is 1. The third-order valence-corrected chi connectivity index (χ3v) is 6.31. The lowest BCUT2D eigenvalue weighted by Crippen LogP contribution is -2.43. The van der Waals surface area contributed by atoms with Crippen molar-refractivity contribution < 1.29 is 17.9 Å². The maximum atomic E-state index is 11.8. The summed E-state index contributed by atoms with van der Waals surface area (Å²) in [6.45, 7) is 3.44. The van der Waals surface area contributed by atoms with Gasteiger partial charge in [0.05, 0.1) is 23.5 Å². The standard InChI is InChI=1S/C10H19NO4S/c1-10(2)8(4-5-16(10,13)14)7(6-11)9(12)15-3/h7-8H,4-6,11H2,1-3H3. The molecule has 0 bridgehead atoms. The van der Waals surface area contributed by atoms with Gasteiger partial charge in [-0.1, -0.05) is 0 Å². The van der Waals surface area contributed by atoms with E-state index in [2.05, 4.69) is 4.74 Å². The van der Waals surface area contributed by atoms with Crippen molar-refractivity contribution >= 4 is 15.8 Å². The smallest absolute Gasteiger partial charge is 0.310 e. The largest absolute Gasteiger partial charge is 0.469 e. The molecule has 1 fully saturated rings. The van der Waals surface area contributed by atoms with Crippen molar-refractivity contribution in [2.75, 3.05) is 19.4 Å². The molecular formula is C10H19NO4S. The van der Waals surface area contributed by atoms with Gasteiger partial charge in [0, 0.05) is 6.54 Å². The number of methoxy groups -OCH3 is 1. The van der Waals surface area contributed by atoms with Gasteiger partial charge in [-0.3, -0.25) is 4.79 Å². The highest BCUT2D eigenvalue weighted by Crippen LogP contribution is 2.41. The summed E-state index contributed by atoms with van der Waals surface area (Å²) in [5, 5.41) is 0. The van der Waals surface area contributed by atoms with Crippen LogP contribution in [0.15, 0.2) is 0 Å². The molecule has 6 heteroatoms. The zero-order chi connectivity index (χ0) is 12.6. The summed E-state index contributed by atoms with van der Waals surface area (Å²) in [6, 6.07) is 0. The molecule has 1 aliphatic heterocycles. The Labute approximate surface area is 96.3 Å². The third-order valence-electron chi connectivity index (χ3n) is 3.64. The second-order valence-electron chi connectivity index (χ2n) is 4.68. The zero-order valence-electron chi connectivity index (χ0n) is 9.89. The minimum atomic E-state index is -3.13. The van der Waals surface area contributed by atoms with E-state index >= 15 is 0 Å². The Bertz CT molecular complexity index is 374. The minimum absolute atomic E-state index is 0.121. The maximum absolute atomic E-state index is 11.8. The Morgan fingerprint density at radius 3 is 2.44 bits per heavy atom. The van der Waals surface area contributed by atoms with Gasteiger partial charge in [0.15, 0.2) is 9.84 Å².